The van der Waals surface area contributed by atoms with E-state index in [9.17, 15) is 0 Å². The lowest BCUT2D eigenvalue weighted by atomic mass is 10.1. The summed E-state index contributed by atoms with van der Waals surface area (Å²) in [6.45, 7) is 0.742. The SMILES string of the molecule is NCCc1ccc2cc(C3CC3)sc2c1. The molecule has 2 N–H and O–H groups in total. The maximum Gasteiger partial charge on any atom is 0.0348 e. The van der Waals surface area contributed by atoms with Crippen molar-refractivity contribution in [1.29, 1.82) is 0 Å². The van der Waals surface area contributed by atoms with Gasteiger partial charge in [-0.3, -0.25) is 0 Å². The predicted molar refractivity (Wildman–Crippen MR) is 66.6 cm³/mol. The van der Waals surface area contributed by atoms with Crippen molar-refractivity contribution >= 4 is 21.4 Å². The first kappa shape index (κ1) is 9.37. The second-order valence-electron chi connectivity index (χ2n) is 4.33. The first-order valence-corrected chi connectivity index (χ1v) is 6.41. The highest BCUT2D eigenvalue weighted by Gasteiger charge is 2.25. The fraction of sp³-hybridized carbons (Fsp3) is 0.385. The second-order valence-corrected chi connectivity index (χ2v) is 5.45. The summed E-state index contributed by atoms with van der Waals surface area (Å²) in [4.78, 5) is 1.58. The van der Waals surface area contributed by atoms with E-state index in [1.54, 1.807) is 4.88 Å². The quantitative estimate of drug-likeness (QED) is 0.839. The Morgan fingerprint density at radius 1 is 1.27 bits per heavy atom. The molecule has 0 unspecified atom stereocenters. The Hall–Kier alpha value is -0.860. The number of hydrogen-bond acceptors (Lipinski definition) is 2. The molecule has 0 bridgehead atoms. The number of rotatable bonds is 3. The van der Waals surface area contributed by atoms with Crippen molar-refractivity contribution in [2.24, 2.45) is 5.73 Å². The number of fused-ring (bicyclic) bond motifs is 1. The molecule has 1 aliphatic rings. The van der Waals surface area contributed by atoms with Crippen LogP contribution in [-0.4, -0.2) is 6.54 Å². The van der Waals surface area contributed by atoms with Crippen LogP contribution in [0.25, 0.3) is 10.1 Å². The molecule has 1 heterocycles. The van der Waals surface area contributed by atoms with Gasteiger partial charge in [0.1, 0.15) is 0 Å². The molecule has 1 nitrogen and oxygen atoms in total. The van der Waals surface area contributed by atoms with E-state index >= 15 is 0 Å². The van der Waals surface area contributed by atoms with E-state index in [0.717, 1.165) is 18.9 Å². The van der Waals surface area contributed by atoms with Crippen LogP contribution in [0.2, 0.25) is 0 Å². The van der Waals surface area contributed by atoms with Gasteiger partial charge >= 0.3 is 0 Å². The van der Waals surface area contributed by atoms with Gasteiger partial charge in [-0.1, -0.05) is 12.1 Å². The van der Waals surface area contributed by atoms with Crippen LogP contribution in [0.3, 0.4) is 0 Å². The molecule has 0 radical (unpaired) electrons. The Balaban J connectivity index is 2.02. The Morgan fingerprint density at radius 2 is 2.13 bits per heavy atom. The van der Waals surface area contributed by atoms with Gasteiger partial charge in [0.15, 0.2) is 0 Å². The van der Waals surface area contributed by atoms with E-state index in [1.165, 1.54) is 28.5 Å². The summed E-state index contributed by atoms with van der Waals surface area (Å²) in [6.07, 6.45) is 3.78. The third kappa shape index (κ3) is 1.80. The average molecular weight is 217 g/mol. The Kier molecular flexibility index (Phi) is 2.26. The van der Waals surface area contributed by atoms with Gasteiger partial charge in [-0.15, -0.1) is 11.3 Å². The molecule has 3 rings (SSSR count). The van der Waals surface area contributed by atoms with Crippen LogP contribution in [0.1, 0.15) is 29.2 Å². The van der Waals surface area contributed by atoms with Gasteiger partial charge in [0.2, 0.25) is 0 Å². The summed E-state index contributed by atoms with van der Waals surface area (Å²) in [7, 11) is 0. The lowest BCUT2D eigenvalue weighted by Gasteiger charge is -1.97. The highest BCUT2D eigenvalue weighted by atomic mass is 32.1. The molecule has 0 aliphatic heterocycles. The smallest absolute Gasteiger partial charge is 0.0348 e. The first-order chi connectivity index (χ1) is 7.36. The van der Waals surface area contributed by atoms with Crippen molar-refractivity contribution < 1.29 is 0 Å². The van der Waals surface area contributed by atoms with Crippen LogP contribution < -0.4 is 5.73 Å². The minimum Gasteiger partial charge on any atom is -0.330 e. The zero-order chi connectivity index (χ0) is 10.3. The van der Waals surface area contributed by atoms with E-state index in [0.29, 0.717) is 0 Å². The fourth-order valence-electron chi connectivity index (χ4n) is 1.99. The summed E-state index contributed by atoms with van der Waals surface area (Å²) < 4.78 is 1.43. The van der Waals surface area contributed by atoms with E-state index in [1.807, 2.05) is 11.3 Å². The summed E-state index contributed by atoms with van der Waals surface area (Å²) in [5.41, 5.74) is 6.94. The fourth-order valence-corrected chi connectivity index (χ4v) is 3.28. The van der Waals surface area contributed by atoms with Gasteiger partial charge in [-0.25, -0.2) is 0 Å². The normalized spacial score (nSPS) is 16.1. The van der Waals surface area contributed by atoms with Crippen molar-refractivity contribution in [2.45, 2.75) is 25.2 Å². The molecule has 0 saturated heterocycles. The standard InChI is InChI=1S/C13H15NS/c14-6-5-9-1-2-11-8-13(10-3-4-10)15-12(11)7-9/h1-2,7-8,10H,3-6,14H2. The largest absolute Gasteiger partial charge is 0.330 e. The Bertz CT molecular complexity index is 482. The molecule has 1 saturated carbocycles. The molecule has 2 heteroatoms. The van der Waals surface area contributed by atoms with Crippen molar-refractivity contribution in [2.75, 3.05) is 6.54 Å². The molecule has 1 aliphatic carbocycles. The topological polar surface area (TPSA) is 26.0 Å². The summed E-state index contributed by atoms with van der Waals surface area (Å²) in [6, 6.07) is 9.12. The molecule has 0 amide bonds. The van der Waals surface area contributed by atoms with E-state index < -0.39 is 0 Å². The van der Waals surface area contributed by atoms with Crippen molar-refractivity contribution in [3.8, 4) is 0 Å². The Morgan fingerprint density at radius 3 is 2.87 bits per heavy atom. The van der Waals surface area contributed by atoms with E-state index in [2.05, 4.69) is 24.3 Å². The van der Waals surface area contributed by atoms with E-state index in [-0.39, 0.29) is 0 Å². The molecule has 1 aromatic carbocycles. The molecule has 78 valence electrons. The number of nitrogens with two attached hydrogens (primary N) is 1. The monoisotopic (exact) mass is 217 g/mol. The minimum absolute atomic E-state index is 0.742. The molecule has 0 atom stereocenters. The zero-order valence-corrected chi connectivity index (χ0v) is 9.52. The molecule has 1 fully saturated rings. The summed E-state index contributed by atoms with van der Waals surface area (Å²) in [5.74, 6) is 0.875. The third-order valence-corrected chi connectivity index (χ3v) is 4.28. The molecular formula is C13H15NS. The van der Waals surface area contributed by atoms with Gasteiger partial charge in [-0.05, 0) is 54.8 Å². The van der Waals surface area contributed by atoms with Crippen molar-refractivity contribution in [3.05, 3.63) is 34.7 Å². The maximum atomic E-state index is 5.57. The van der Waals surface area contributed by atoms with Gasteiger partial charge < -0.3 is 5.73 Å². The third-order valence-electron chi connectivity index (χ3n) is 3.02. The van der Waals surface area contributed by atoms with Crippen LogP contribution in [0, 0.1) is 0 Å². The summed E-state index contributed by atoms with van der Waals surface area (Å²) in [5, 5.41) is 1.41. The molecular weight excluding hydrogens is 202 g/mol. The lowest BCUT2D eigenvalue weighted by molar-refractivity contribution is 0.971. The first-order valence-electron chi connectivity index (χ1n) is 5.59. The van der Waals surface area contributed by atoms with Gasteiger partial charge in [-0.2, -0.15) is 0 Å². The molecule has 2 aromatic rings. The Labute approximate surface area is 93.9 Å². The van der Waals surface area contributed by atoms with Crippen LogP contribution >= 0.6 is 11.3 Å². The van der Waals surface area contributed by atoms with Crippen LogP contribution in [0.15, 0.2) is 24.3 Å². The van der Waals surface area contributed by atoms with E-state index in [4.69, 9.17) is 5.73 Å². The van der Waals surface area contributed by atoms with Crippen molar-refractivity contribution in [3.63, 3.8) is 0 Å². The average Bonchev–Trinajstić information content (AvgIpc) is 2.99. The predicted octanol–water partition coefficient (Wildman–Crippen LogP) is 3.28. The van der Waals surface area contributed by atoms with Crippen LogP contribution in [-0.2, 0) is 6.42 Å². The highest BCUT2D eigenvalue weighted by molar-refractivity contribution is 7.19. The summed E-state index contributed by atoms with van der Waals surface area (Å²) >= 11 is 1.97. The molecule has 1 aromatic heterocycles. The lowest BCUT2D eigenvalue weighted by Crippen LogP contribution is -2.01. The van der Waals surface area contributed by atoms with Gasteiger partial charge in [0.25, 0.3) is 0 Å². The maximum absolute atomic E-state index is 5.57. The van der Waals surface area contributed by atoms with Gasteiger partial charge in [0.05, 0.1) is 0 Å². The molecule has 0 spiro atoms. The molecule has 15 heavy (non-hydrogen) atoms. The number of benzene rings is 1. The second kappa shape index (κ2) is 3.62. The van der Waals surface area contributed by atoms with Gasteiger partial charge in [0, 0.05) is 9.58 Å². The van der Waals surface area contributed by atoms with Crippen LogP contribution in [0.4, 0.5) is 0 Å². The highest BCUT2D eigenvalue weighted by Crippen LogP contribution is 2.45. The van der Waals surface area contributed by atoms with Crippen molar-refractivity contribution in [1.82, 2.24) is 0 Å². The zero-order valence-electron chi connectivity index (χ0n) is 8.70. The minimum atomic E-state index is 0.742. The number of thiophene rings is 1. The van der Waals surface area contributed by atoms with Crippen LogP contribution in [0.5, 0.6) is 0 Å². The number of hydrogen-bond donors (Lipinski definition) is 1.